The first kappa shape index (κ1) is 28.8. The number of ketones is 1. The van der Waals surface area contributed by atoms with Gasteiger partial charge in [0.05, 0.1) is 6.04 Å². The van der Waals surface area contributed by atoms with Crippen LogP contribution in [-0.4, -0.2) is 54.3 Å². The van der Waals surface area contributed by atoms with Gasteiger partial charge in [-0.25, -0.2) is 10.2 Å². The van der Waals surface area contributed by atoms with Gasteiger partial charge in [0.25, 0.3) is 0 Å². The van der Waals surface area contributed by atoms with E-state index in [1.54, 1.807) is 27.7 Å². The van der Waals surface area contributed by atoms with E-state index in [1.165, 1.54) is 0 Å². The third-order valence-electron chi connectivity index (χ3n) is 5.79. The molecule has 0 aliphatic carbocycles. The number of carbonyl (C=O) groups excluding carboxylic acids is 5. The Kier molecular flexibility index (Phi) is 11.3. The van der Waals surface area contributed by atoms with Gasteiger partial charge in [0.15, 0.2) is 0 Å². The van der Waals surface area contributed by atoms with Crippen LogP contribution in [0.4, 0.5) is 4.79 Å². The van der Waals surface area contributed by atoms with Crippen LogP contribution in [0.5, 0.6) is 0 Å². The van der Waals surface area contributed by atoms with Crippen molar-refractivity contribution in [1.82, 2.24) is 26.8 Å². The summed E-state index contributed by atoms with van der Waals surface area (Å²) in [6.45, 7) is 7.58. The first-order valence-electron chi connectivity index (χ1n) is 12.2. The quantitative estimate of drug-likeness (QED) is 0.314. The maximum Gasteiger partial charge on any atom is 0.408 e. The fourth-order valence-corrected chi connectivity index (χ4v) is 3.66. The maximum atomic E-state index is 13.1. The van der Waals surface area contributed by atoms with Gasteiger partial charge in [-0.05, 0) is 36.7 Å². The number of carbonyl (C=O) groups is 5. The fraction of sp³-hybridized carbons (Fsp3) is 0.560. The Morgan fingerprint density at radius 1 is 0.944 bits per heavy atom. The molecule has 5 N–H and O–H groups in total. The van der Waals surface area contributed by atoms with Crippen LogP contribution in [-0.2, 0) is 30.5 Å². The second-order valence-electron chi connectivity index (χ2n) is 9.46. The summed E-state index contributed by atoms with van der Waals surface area (Å²) in [5.41, 5.74) is 5.79. The molecule has 11 heteroatoms. The number of amides is 4. The number of nitrogens with one attached hydrogen (secondary N) is 5. The van der Waals surface area contributed by atoms with Crippen molar-refractivity contribution in [3.8, 4) is 0 Å². The number of benzene rings is 1. The molecular formula is C25H37N5O6. The summed E-state index contributed by atoms with van der Waals surface area (Å²) in [5, 5.41) is 7.88. The zero-order valence-corrected chi connectivity index (χ0v) is 21.3. The lowest BCUT2D eigenvalue weighted by Crippen LogP contribution is -2.59. The highest BCUT2D eigenvalue weighted by molar-refractivity contribution is 6.38. The van der Waals surface area contributed by atoms with Gasteiger partial charge in [0.2, 0.25) is 17.6 Å². The summed E-state index contributed by atoms with van der Waals surface area (Å²) in [7, 11) is 0. The molecule has 1 aromatic carbocycles. The van der Waals surface area contributed by atoms with Crippen molar-refractivity contribution < 1.29 is 28.7 Å². The number of Topliss-reactive ketones (excluding diaryl/α,β-unsaturated/α-hetero) is 1. The zero-order valence-electron chi connectivity index (χ0n) is 21.3. The Labute approximate surface area is 211 Å². The van der Waals surface area contributed by atoms with Crippen LogP contribution in [0.25, 0.3) is 0 Å². The molecule has 3 atom stereocenters. The Morgan fingerprint density at radius 3 is 2.22 bits per heavy atom. The SMILES string of the molecule is CC(C)C(NC(=O)OCc1ccccc1)C(=O)NC(C(=O)NC1CCCCNNC(=O)C1=O)C(C)C. The van der Waals surface area contributed by atoms with Crippen LogP contribution in [0, 0.1) is 11.8 Å². The Morgan fingerprint density at radius 2 is 1.58 bits per heavy atom. The third kappa shape index (κ3) is 8.95. The van der Waals surface area contributed by atoms with E-state index in [4.69, 9.17) is 4.74 Å². The van der Waals surface area contributed by atoms with Gasteiger partial charge in [-0.2, -0.15) is 0 Å². The van der Waals surface area contributed by atoms with E-state index in [-0.39, 0.29) is 18.4 Å². The number of hydrazine groups is 1. The highest BCUT2D eigenvalue weighted by atomic mass is 16.5. The lowest BCUT2D eigenvalue weighted by molar-refractivity contribution is -0.141. The highest BCUT2D eigenvalue weighted by Gasteiger charge is 2.34. The van der Waals surface area contributed by atoms with Gasteiger partial charge in [-0.15, -0.1) is 0 Å². The second-order valence-corrected chi connectivity index (χ2v) is 9.46. The van der Waals surface area contributed by atoms with Gasteiger partial charge in [0.1, 0.15) is 18.7 Å². The molecule has 1 fully saturated rings. The molecule has 36 heavy (non-hydrogen) atoms. The number of hydrogen-bond donors (Lipinski definition) is 5. The zero-order chi connectivity index (χ0) is 26.7. The van der Waals surface area contributed by atoms with E-state index >= 15 is 0 Å². The molecule has 4 amide bonds. The molecule has 0 bridgehead atoms. The van der Waals surface area contributed by atoms with E-state index in [0.29, 0.717) is 25.8 Å². The lowest BCUT2D eigenvalue weighted by Gasteiger charge is -2.28. The molecule has 0 aromatic heterocycles. The summed E-state index contributed by atoms with van der Waals surface area (Å²) in [6.07, 6.45) is 0.893. The summed E-state index contributed by atoms with van der Waals surface area (Å²) in [4.78, 5) is 62.9. The molecule has 1 aliphatic heterocycles. The third-order valence-corrected chi connectivity index (χ3v) is 5.79. The molecule has 1 heterocycles. The number of alkyl carbamates (subject to hydrolysis) is 1. The number of ether oxygens (including phenoxy) is 1. The molecule has 1 aliphatic rings. The predicted molar refractivity (Wildman–Crippen MR) is 132 cm³/mol. The topological polar surface area (TPSA) is 155 Å². The monoisotopic (exact) mass is 503 g/mol. The van der Waals surface area contributed by atoms with Crippen LogP contribution >= 0.6 is 0 Å². The van der Waals surface area contributed by atoms with Gasteiger partial charge in [0, 0.05) is 6.54 Å². The number of rotatable bonds is 9. The van der Waals surface area contributed by atoms with Crippen molar-refractivity contribution in [3.05, 3.63) is 35.9 Å². The Balaban J connectivity index is 2.02. The predicted octanol–water partition coefficient (Wildman–Crippen LogP) is 0.937. The molecule has 198 valence electrons. The minimum Gasteiger partial charge on any atom is -0.445 e. The largest absolute Gasteiger partial charge is 0.445 e. The molecular weight excluding hydrogens is 466 g/mol. The molecule has 1 aromatic rings. The summed E-state index contributed by atoms with van der Waals surface area (Å²) < 4.78 is 5.22. The van der Waals surface area contributed by atoms with Crippen molar-refractivity contribution >= 4 is 29.6 Å². The molecule has 1 saturated heterocycles. The van der Waals surface area contributed by atoms with Crippen molar-refractivity contribution in [2.24, 2.45) is 11.8 Å². The fourth-order valence-electron chi connectivity index (χ4n) is 3.66. The van der Waals surface area contributed by atoms with Crippen molar-refractivity contribution in [1.29, 1.82) is 0 Å². The average Bonchev–Trinajstić information content (AvgIpc) is 2.91. The lowest BCUT2D eigenvalue weighted by atomic mass is 9.98. The van der Waals surface area contributed by atoms with E-state index in [1.807, 2.05) is 30.3 Å². The summed E-state index contributed by atoms with van der Waals surface area (Å²) >= 11 is 0. The minimum atomic E-state index is -0.998. The Bertz CT molecular complexity index is 921. The van der Waals surface area contributed by atoms with Crippen molar-refractivity contribution in [2.45, 2.75) is 71.7 Å². The van der Waals surface area contributed by atoms with E-state index in [0.717, 1.165) is 5.56 Å². The average molecular weight is 504 g/mol. The summed E-state index contributed by atoms with van der Waals surface area (Å²) in [5.74, 6) is -3.34. The van der Waals surface area contributed by atoms with Gasteiger partial charge in [-0.3, -0.25) is 24.6 Å². The smallest absolute Gasteiger partial charge is 0.408 e. The molecule has 11 nitrogen and oxygen atoms in total. The first-order chi connectivity index (χ1) is 17.1. The molecule has 3 unspecified atom stereocenters. The van der Waals surface area contributed by atoms with Gasteiger partial charge in [-0.1, -0.05) is 58.0 Å². The van der Waals surface area contributed by atoms with Crippen LogP contribution in [0.15, 0.2) is 30.3 Å². The normalized spacial score (nSPS) is 18.2. The van der Waals surface area contributed by atoms with E-state index in [2.05, 4.69) is 26.8 Å². The molecule has 0 radical (unpaired) electrons. The second kappa shape index (κ2) is 14.2. The van der Waals surface area contributed by atoms with E-state index < -0.39 is 47.7 Å². The molecule has 2 rings (SSSR count). The van der Waals surface area contributed by atoms with Crippen LogP contribution < -0.4 is 26.8 Å². The maximum absolute atomic E-state index is 13.1. The van der Waals surface area contributed by atoms with Crippen LogP contribution in [0.1, 0.15) is 52.5 Å². The number of hydrogen-bond acceptors (Lipinski definition) is 7. The van der Waals surface area contributed by atoms with Crippen molar-refractivity contribution in [2.75, 3.05) is 6.54 Å². The first-order valence-corrected chi connectivity index (χ1v) is 12.2. The Hall–Kier alpha value is -3.47. The van der Waals surface area contributed by atoms with Gasteiger partial charge < -0.3 is 20.7 Å². The molecule has 0 saturated carbocycles. The van der Waals surface area contributed by atoms with Gasteiger partial charge >= 0.3 is 12.0 Å². The summed E-state index contributed by atoms with van der Waals surface area (Å²) in [6, 6.07) is 6.20. The van der Waals surface area contributed by atoms with E-state index in [9.17, 15) is 24.0 Å². The molecule has 0 spiro atoms. The van der Waals surface area contributed by atoms with Crippen molar-refractivity contribution in [3.63, 3.8) is 0 Å². The highest BCUT2D eigenvalue weighted by Crippen LogP contribution is 2.10. The van der Waals surface area contributed by atoms with Crippen LogP contribution in [0.2, 0.25) is 0 Å². The standard InChI is InChI=1S/C25H37N5O6/c1-15(2)19(22(32)27-18-12-8-9-13-26-30-24(34)21(18)31)28-23(33)20(16(3)4)29-25(35)36-14-17-10-6-5-7-11-17/h5-7,10-11,15-16,18-20,26H,8-9,12-14H2,1-4H3,(H,27,32)(H,28,33)(H,29,35)(H,30,34). The van der Waals surface area contributed by atoms with Crippen LogP contribution in [0.3, 0.4) is 0 Å². The minimum absolute atomic E-state index is 0.0502.